The summed E-state index contributed by atoms with van der Waals surface area (Å²) in [6, 6.07) is 11.6. The van der Waals surface area contributed by atoms with Gasteiger partial charge in [0.1, 0.15) is 5.75 Å². The second-order valence-corrected chi connectivity index (χ2v) is 7.93. The molecule has 0 aliphatic carbocycles. The van der Waals surface area contributed by atoms with Crippen molar-refractivity contribution in [3.05, 3.63) is 52.0 Å². The zero-order valence-electron chi connectivity index (χ0n) is 16.9. The van der Waals surface area contributed by atoms with E-state index in [4.69, 9.17) is 14.2 Å². The summed E-state index contributed by atoms with van der Waals surface area (Å²) in [5, 5.41) is 9.57. The second-order valence-electron chi connectivity index (χ2n) is 7.08. The third-order valence-electron chi connectivity index (χ3n) is 5.37. The lowest BCUT2D eigenvalue weighted by atomic mass is 9.91. The average molecular weight is 464 g/mol. The van der Waals surface area contributed by atoms with Crippen molar-refractivity contribution in [2.24, 2.45) is 5.92 Å². The molecule has 7 heteroatoms. The number of piperidine rings is 1. The number of carboxylic acids is 1. The SMILES string of the molecule is COc1cccc(C(c2cc(OC)c(OC)cc2Br)N2CCCC(C(=O)O)C2)c1. The Balaban J connectivity index is 2.11. The molecule has 1 saturated heterocycles. The number of methoxy groups -OCH3 is 3. The Labute approximate surface area is 179 Å². The molecule has 1 aliphatic rings. The van der Waals surface area contributed by atoms with Crippen LogP contribution in [-0.2, 0) is 4.79 Å². The maximum Gasteiger partial charge on any atom is 0.307 e. The number of carboxylic acid groups (broad SMARTS) is 1. The molecule has 29 heavy (non-hydrogen) atoms. The van der Waals surface area contributed by atoms with E-state index in [0.717, 1.165) is 34.3 Å². The summed E-state index contributed by atoms with van der Waals surface area (Å²) in [4.78, 5) is 13.9. The predicted octanol–water partition coefficient (Wildman–Crippen LogP) is 4.36. The number of hydrogen-bond acceptors (Lipinski definition) is 5. The first-order valence-electron chi connectivity index (χ1n) is 9.50. The van der Waals surface area contributed by atoms with Gasteiger partial charge in [0.25, 0.3) is 0 Å². The molecule has 2 atom stereocenters. The smallest absolute Gasteiger partial charge is 0.307 e. The van der Waals surface area contributed by atoms with E-state index in [9.17, 15) is 9.90 Å². The van der Waals surface area contributed by atoms with Crippen LogP contribution in [0.1, 0.15) is 30.0 Å². The fourth-order valence-corrected chi connectivity index (χ4v) is 4.46. The van der Waals surface area contributed by atoms with Crippen LogP contribution in [0, 0.1) is 5.92 Å². The number of rotatable bonds is 7. The molecule has 0 bridgehead atoms. The minimum absolute atomic E-state index is 0.151. The monoisotopic (exact) mass is 463 g/mol. The van der Waals surface area contributed by atoms with Gasteiger partial charge in [-0.15, -0.1) is 0 Å². The quantitative estimate of drug-likeness (QED) is 0.657. The van der Waals surface area contributed by atoms with E-state index < -0.39 is 5.97 Å². The van der Waals surface area contributed by atoms with Gasteiger partial charge in [-0.05, 0) is 54.8 Å². The Morgan fingerprint density at radius 1 is 1.14 bits per heavy atom. The van der Waals surface area contributed by atoms with E-state index in [1.54, 1.807) is 21.3 Å². The van der Waals surface area contributed by atoms with Crippen LogP contribution in [0.5, 0.6) is 17.2 Å². The highest BCUT2D eigenvalue weighted by Crippen LogP contribution is 2.42. The van der Waals surface area contributed by atoms with Crippen molar-refractivity contribution >= 4 is 21.9 Å². The van der Waals surface area contributed by atoms with E-state index in [-0.39, 0.29) is 12.0 Å². The number of nitrogens with zero attached hydrogens (tertiary/aromatic N) is 1. The van der Waals surface area contributed by atoms with Crippen LogP contribution >= 0.6 is 15.9 Å². The minimum atomic E-state index is -0.745. The molecule has 2 aromatic rings. The fourth-order valence-electron chi connectivity index (χ4n) is 3.92. The number of halogens is 1. The topological polar surface area (TPSA) is 68.2 Å². The molecule has 0 spiro atoms. The largest absolute Gasteiger partial charge is 0.497 e. The third-order valence-corrected chi connectivity index (χ3v) is 6.06. The molecule has 0 radical (unpaired) electrons. The molecule has 156 valence electrons. The number of ether oxygens (including phenoxy) is 3. The molecule has 0 saturated carbocycles. The van der Waals surface area contributed by atoms with Gasteiger partial charge in [0.05, 0.1) is 33.3 Å². The van der Waals surface area contributed by atoms with Gasteiger partial charge < -0.3 is 19.3 Å². The van der Waals surface area contributed by atoms with E-state index in [1.165, 1.54) is 0 Å². The molecule has 3 rings (SSSR count). The number of carbonyl (C=O) groups is 1. The predicted molar refractivity (Wildman–Crippen MR) is 114 cm³/mol. The summed E-state index contributed by atoms with van der Waals surface area (Å²) in [5.74, 6) is 0.900. The van der Waals surface area contributed by atoms with E-state index in [0.29, 0.717) is 24.5 Å². The van der Waals surface area contributed by atoms with Crippen molar-refractivity contribution in [2.75, 3.05) is 34.4 Å². The van der Waals surface area contributed by atoms with Crippen LogP contribution in [0.25, 0.3) is 0 Å². The number of likely N-dealkylation sites (tertiary alicyclic amines) is 1. The van der Waals surface area contributed by atoms with Gasteiger partial charge in [0.15, 0.2) is 11.5 Å². The first-order valence-corrected chi connectivity index (χ1v) is 10.3. The van der Waals surface area contributed by atoms with Gasteiger partial charge in [-0.2, -0.15) is 0 Å². The average Bonchev–Trinajstić information content (AvgIpc) is 2.75. The summed E-state index contributed by atoms with van der Waals surface area (Å²) in [6.45, 7) is 1.30. The zero-order valence-corrected chi connectivity index (χ0v) is 18.4. The van der Waals surface area contributed by atoms with Crippen molar-refractivity contribution < 1.29 is 24.1 Å². The molecule has 0 aromatic heterocycles. The second kappa shape index (κ2) is 9.50. The number of hydrogen-bond donors (Lipinski definition) is 1. The lowest BCUT2D eigenvalue weighted by molar-refractivity contribution is -0.143. The lowest BCUT2D eigenvalue weighted by Gasteiger charge is -2.38. The summed E-state index contributed by atoms with van der Waals surface area (Å²) >= 11 is 3.69. The minimum Gasteiger partial charge on any atom is -0.497 e. The first-order chi connectivity index (χ1) is 14.0. The highest BCUT2D eigenvalue weighted by molar-refractivity contribution is 9.10. The van der Waals surface area contributed by atoms with Crippen LogP contribution in [-0.4, -0.2) is 50.4 Å². The van der Waals surface area contributed by atoms with Gasteiger partial charge >= 0.3 is 5.97 Å². The molecule has 1 aliphatic heterocycles. The van der Waals surface area contributed by atoms with Gasteiger partial charge in [0.2, 0.25) is 0 Å². The summed E-state index contributed by atoms with van der Waals surface area (Å²) in [6.07, 6.45) is 1.53. The zero-order chi connectivity index (χ0) is 21.0. The third kappa shape index (κ3) is 4.67. The van der Waals surface area contributed by atoms with Crippen LogP contribution in [0.4, 0.5) is 0 Å². The maximum atomic E-state index is 11.7. The van der Waals surface area contributed by atoms with Crippen molar-refractivity contribution in [1.29, 1.82) is 0 Å². The van der Waals surface area contributed by atoms with Crippen molar-refractivity contribution in [1.82, 2.24) is 4.90 Å². The Kier molecular flexibility index (Phi) is 7.03. The highest BCUT2D eigenvalue weighted by Gasteiger charge is 2.33. The van der Waals surface area contributed by atoms with E-state index in [1.807, 2.05) is 36.4 Å². The normalized spacial score (nSPS) is 18.1. The number of benzene rings is 2. The van der Waals surface area contributed by atoms with Crippen LogP contribution in [0.15, 0.2) is 40.9 Å². The van der Waals surface area contributed by atoms with Gasteiger partial charge in [-0.1, -0.05) is 28.1 Å². The molecule has 1 heterocycles. The van der Waals surface area contributed by atoms with Crippen LogP contribution < -0.4 is 14.2 Å². The van der Waals surface area contributed by atoms with Crippen molar-refractivity contribution in [3.8, 4) is 17.2 Å². The van der Waals surface area contributed by atoms with Crippen molar-refractivity contribution in [2.45, 2.75) is 18.9 Å². The Bertz CT molecular complexity index is 872. The molecular formula is C22H26BrNO5. The number of aliphatic carboxylic acids is 1. The molecule has 1 N–H and O–H groups in total. The van der Waals surface area contributed by atoms with E-state index in [2.05, 4.69) is 20.8 Å². The maximum absolute atomic E-state index is 11.7. The Morgan fingerprint density at radius 3 is 2.52 bits per heavy atom. The fraction of sp³-hybridized carbons (Fsp3) is 0.409. The molecule has 2 aromatic carbocycles. The van der Waals surface area contributed by atoms with E-state index >= 15 is 0 Å². The molecule has 2 unspecified atom stereocenters. The summed E-state index contributed by atoms with van der Waals surface area (Å²) in [7, 11) is 4.85. The Hall–Kier alpha value is -2.25. The first kappa shape index (κ1) is 21.5. The lowest BCUT2D eigenvalue weighted by Crippen LogP contribution is -2.41. The summed E-state index contributed by atoms with van der Waals surface area (Å²) < 4.78 is 17.3. The summed E-state index contributed by atoms with van der Waals surface area (Å²) in [5.41, 5.74) is 2.02. The van der Waals surface area contributed by atoms with Crippen LogP contribution in [0.3, 0.4) is 0 Å². The Morgan fingerprint density at radius 2 is 1.86 bits per heavy atom. The van der Waals surface area contributed by atoms with Gasteiger partial charge in [-0.25, -0.2) is 0 Å². The highest BCUT2D eigenvalue weighted by atomic mass is 79.9. The van der Waals surface area contributed by atoms with Crippen molar-refractivity contribution in [3.63, 3.8) is 0 Å². The molecular weight excluding hydrogens is 438 g/mol. The van der Waals surface area contributed by atoms with Gasteiger partial charge in [-0.3, -0.25) is 9.69 Å². The molecule has 6 nitrogen and oxygen atoms in total. The molecule has 1 fully saturated rings. The standard InChI is InChI=1S/C22H26BrNO5/c1-27-16-8-4-6-14(10-16)21(24-9-5-7-15(13-24)22(25)26)17-11-19(28-2)20(29-3)12-18(17)23/h4,6,8,10-12,15,21H,5,7,9,13H2,1-3H3,(H,25,26). The van der Waals surface area contributed by atoms with Crippen LogP contribution in [0.2, 0.25) is 0 Å². The molecule has 0 amide bonds. The van der Waals surface area contributed by atoms with Gasteiger partial charge in [0, 0.05) is 11.0 Å².